The Morgan fingerprint density at radius 3 is 2.48 bits per heavy atom. The molecule has 0 spiro atoms. The quantitative estimate of drug-likeness (QED) is 0.202. The Hall–Kier alpha value is -3.78. The highest BCUT2D eigenvalue weighted by Gasteiger charge is 2.67. The van der Waals surface area contributed by atoms with Gasteiger partial charge in [0.25, 0.3) is 5.91 Å². The van der Waals surface area contributed by atoms with Crippen molar-refractivity contribution in [2.24, 2.45) is 17.6 Å². The van der Waals surface area contributed by atoms with Crippen LogP contribution in [-0.4, -0.2) is 84.7 Å². The third kappa shape index (κ3) is 3.61. The zero-order valence-electron chi connectivity index (χ0n) is 22.2. The van der Waals surface area contributed by atoms with E-state index in [1.165, 1.54) is 30.3 Å². The molecule has 13 heteroatoms. The van der Waals surface area contributed by atoms with E-state index >= 15 is 0 Å². The lowest BCUT2D eigenvalue weighted by Crippen LogP contribution is -2.68. The van der Waals surface area contributed by atoms with Gasteiger partial charge in [-0.3, -0.25) is 19.3 Å². The van der Waals surface area contributed by atoms with Crippen LogP contribution in [0.2, 0.25) is 0 Å². The lowest BCUT2D eigenvalue weighted by molar-refractivity contribution is -0.162. The van der Waals surface area contributed by atoms with E-state index < -0.39 is 81.4 Å². The predicted octanol–water partition coefficient (Wildman–Crippen LogP) is 1.41. The number of primary amides is 1. The number of aromatic hydroxyl groups is 1. The number of aromatic nitrogens is 1. The highest BCUT2D eigenvalue weighted by molar-refractivity contribution is 7.13. The molecule has 0 radical (unpaired) electrons. The Kier molecular flexibility index (Phi) is 6.53. The van der Waals surface area contributed by atoms with Crippen LogP contribution in [0.3, 0.4) is 0 Å². The Morgan fingerprint density at radius 2 is 1.90 bits per heavy atom. The summed E-state index contributed by atoms with van der Waals surface area (Å²) in [5.74, 6) is -9.25. The number of aliphatic hydroxyl groups is 4. The number of nitrogens with two attached hydrogens (primary N) is 1. The van der Waals surface area contributed by atoms with Crippen LogP contribution in [0, 0.1) is 11.8 Å². The maximum Gasteiger partial charge on any atom is 0.255 e. The van der Waals surface area contributed by atoms with Crippen LogP contribution in [0.4, 0.5) is 10.8 Å². The zero-order chi connectivity index (χ0) is 29.4. The lowest BCUT2D eigenvalue weighted by atomic mass is 9.55. The number of aliphatic hydroxyl groups excluding tert-OH is 3. The van der Waals surface area contributed by atoms with Gasteiger partial charge < -0.3 is 36.6 Å². The van der Waals surface area contributed by atoms with E-state index in [0.717, 1.165) is 5.69 Å². The summed E-state index contributed by atoms with van der Waals surface area (Å²) in [6.45, 7) is 3.63. The highest BCUT2D eigenvalue weighted by Crippen LogP contribution is 2.56. The molecule has 1 heterocycles. The van der Waals surface area contributed by atoms with E-state index in [1.807, 2.05) is 12.3 Å². The van der Waals surface area contributed by atoms with Gasteiger partial charge in [0.1, 0.15) is 17.1 Å². The fraction of sp³-hybridized carbons (Fsp3) is 0.407. The van der Waals surface area contributed by atoms with E-state index in [0.29, 0.717) is 17.1 Å². The van der Waals surface area contributed by atoms with E-state index in [4.69, 9.17) is 5.73 Å². The van der Waals surface area contributed by atoms with Crippen molar-refractivity contribution >= 4 is 39.6 Å². The molecule has 5 rings (SSSR count). The average molecular weight is 571 g/mol. The summed E-state index contributed by atoms with van der Waals surface area (Å²) in [5, 5.41) is 62.3. The Labute approximate surface area is 233 Å². The van der Waals surface area contributed by atoms with Crippen molar-refractivity contribution in [3.63, 3.8) is 0 Å². The van der Waals surface area contributed by atoms with Crippen LogP contribution < -0.4 is 11.1 Å². The monoisotopic (exact) mass is 570 g/mol. The van der Waals surface area contributed by atoms with Crippen molar-refractivity contribution < 1.29 is 39.9 Å². The number of aryl methyl sites for hydroxylation is 1. The fourth-order valence-electron chi connectivity index (χ4n) is 6.37. The van der Waals surface area contributed by atoms with E-state index in [9.17, 15) is 39.9 Å². The van der Waals surface area contributed by atoms with Crippen molar-refractivity contribution in [1.29, 1.82) is 0 Å². The standard InChI is InChI=1S/C27H30N4O8S/c1-5-10-8-40-26(29-10)30-12-7-6-11-9(2)13-15(20(33)14(11)19(12)32)23(36)27(39)17(21(13)34)18(31(3)4)22(35)16(24(27)37)25(28)38/h6-9,13,17-18,21,32,34-36,39H,5H2,1-4H3,(H2,28,38)(H,29,30)/t9-,13+,17+,18-,21-,27-/m0/s1. The number of carbonyl (C=O) groups is 3. The largest absolute Gasteiger partial charge is 0.510 e. The molecule has 3 aliphatic carbocycles. The normalized spacial score (nSPS) is 29.8. The average Bonchev–Trinajstić information content (AvgIpc) is 3.34. The van der Waals surface area contributed by atoms with Crippen LogP contribution in [-0.2, 0) is 16.0 Å². The van der Waals surface area contributed by atoms with Crippen LogP contribution in [0.25, 0.3) is 0 Å². The van der Waals surface area contributed by atoms with Crippen molar-refractivity contribution in [3.8, 4) is 5.75 Å². The van der Waals surface area contributed by atoms with Gasteiger partial charge in [0.15, 0.2) is 22.3 Å². The van der Waals surface area contributed by atoms with Gasteiger partial charge in [-0.15, -0.1) is 11.3 Å². The van der Waals surface area contributed by atoms with Gasteiger partial charge in [0.05, 0.1) is 35.0 Å². The van der Waals surface area contributed by atoms with Crippen LogP contribution in [0.15, 0.2) is 40.2 Å². The minimum Gasteiger partial charge on any atom is -0.510 e. The van der Waals surface area contributed by atoms with Crippen molar-refractivity contribution in [3.05, 3.63) is 57.0 Å². The molecule has 3 aliphatic rings. The first-order chi connectivity index (χ1) is 18.8. The third-order valence-corrected chi connectivity index (χ3v) is 9.09. The van der Waals surface area contributed by atoms with Crippen molar-refractivity contribution in [2.45, 2.75) is 43.9 Å². The smallest absolute Gasteiger partial charge is 0.255 e. The van der Waals surface area contributed by atoms with Gasteiger partial charge in [-0.25, -0.2) is 4.98 Å². The zero-order valence-corrected chi connectivity index (χ0v) is 23.0. The molecule has 0 aliphatic heterocycles. The molecule has 0 bridgehead atoms. The van der Waals surface area contributed by atoms with Gasteiger partial charge in [-0.2, -0.15) is 0 Å². The number of benzene rings is 1. The number of nitrogens with one attached hydrogen (secondary N) is 1. The second kappa shape index (κ2) is 9.41. The molecule has 0 saturated carbocycles. The topological polar surface area (TPSA) is 207 Å². The number of carbonyl (C=O) groups excluding carboxylic acids is 3. The highest BCUT2D eigenvalue weighted by atomic mass is 32.1. The van der Waals surface area contributed by atoms with Gasteiger partial charge in [0, 0.05) is 16.9 Å². The minimum absolute atomic E-state index is 0.169. The summed E-state index contributed by atoms with van der Waals surface area (Å²) >= 11 is 1.31. The Morgan fingerprint density at radius 1 is 1.23 bits per heavy atom. The van der Waals surface area contributed by atoms with Crippen LogP contribution >= 0.6 is 11.3 Å². The molecular weight excluding hydrogens is 540 g/mol. The third-order valence-electron chi connectivity index (χ3n) is 8.29. The van der Waals surface area contributed by atoms with Crippen LogP contribution in [0.1, 0.15) is 41.4 Å². The minimum atomic E-state index is -2.95. The molecule has 0 fully saturated rings. The summed E-state index contributed by atoms with van der Waals surface area (Å²) < 4.78 is 0. The second-order valence-corrected chi connectivity index (χ2v) is 11.5. The number of Topliss-reactive ketones (excluding diaryl/α,β-unsaturated/α-hetero) is 2. The molecular formula is C27H30N4O8S. The molecule has 6 atom stereocenters. The van der Waals surface area contributed by atoms with Gasteiger partial charge in [-0.1, -0.05) is 19.9 Å². The Balaban J connectivity index is 1.70. The molecule has 1 amide bonds. The number of amides is 1. The number of thiazole rings is 1. The van der Waals surface area contributed by atoms with Gasteiger partial charge in [-0.05, 0) is 38.1 Å². The molecule has 2 aromatic rings. The number of hydrogen-bond acceptors (Lipinski definition) is 12. The second-order valence-electron chi connectivity index (χ2n) is 10.6. The SMILES string of the molecule is CCc1csc(Nc2ccc3c(c2O)C(=O)C2=C(O)[C@]4(O)C(=O)C(C(N)=O)=C(O)[C@@H](N(C)C)[C@@H]4[C@@H](O)[C@@H]2[C@H]3C)n1. The van der Waals surface area contributed by atoms with Gasteiger partial charge >= 0.3 is 0 Å². The number of fused-ring (bicyclic) bond motifs is 3. The molecule has 8 N–H and O–H groups in total. The van der Waals surface area contributed by atoms with Crippen molar-refractivity contribution in [2.75, 3.05) is 19.4 Å². The Bertz CT molecular complexity index is 1530. The number of likely N-dealkylation sites (N-methyl/N-ethyl adjacent to an activating group) is 1. The molecule has 0 saturated heterocycles. The first-order valence-electron chi connectivity index (χ1n) is 12.7. The number of nitrogens with zero attached hydrogens (tertiary/aromatic N) is 2. The number of anilines is 2. The summed E-state index contributed by atoms with van der Waals surface area (Å²) in [4.78, 5) is 45.3. The number of ketones is 2. The van der Waals surface area contributed by atoms with E-state index in [1.54, 1.807) is 19.1 Å². The van der Waals surface area contributed by atoms with Gasteiger partial charge in [0.2, 0.25) is 5.78 Å². The first-order valence-corrected chi connectivity index (χ1v) is 13.5. The summed E-state index contributed by atoms with van der Waals surface area (Å²) in [6, 6.07) is 1.89. The predicted molar refractivity (Wildman–Crippen MR) is 145 cm³/mol. The number of phenols is 1. The number of rotatable bonds is 5. The molecule has 0 unspecified atom stereocenters. The molecule has 12 nitrogen and oxygen atoms in total. The maximum absolute atomic E-state index is 13.9. The number of phenolic OH excluding ortho intramolecular Hbond substituents is 1. The fourth-order valence-corrected chi connectivity index (χ4v) is 7.17. The summed E-state index contributed by atoms with van der Waals surface area (Å²) in [6.07, 6.45) is -0.929. The lowest BCUT2D eigenvalue weighted by Gasteiger charge is -2.53. The summed E-state index contributed by atoms with van der Waals surface area (Å²) in [7, 11) is 2.98. The maximum atomic E-state index is 13.9. The molecule has 40 heavy (non-hydrogen) atoms. The van der Waals surface area contributed by atoms with E-state index in [-0.39, 0.29) is 11.3 Å². The number of hydrogen-bond donors (Lipinski definition) is 7. The summed E-state index contributed by atoms with van der Waals surface area (Å²) in [5.41, 5.74) is 2.23. The molecule has 1 aromatic carbocycles. The van der Waals surface area contributed by atoms with E-state index in [2.05, 4.69) is 10.3 Å². The molecule has 1 aromatic heterocycles. The first kappa shape index (κ1) is 27.8. The van der Waals surface area contributed by atoms with Crippen molar-refractivity contribution in [1.82, 2.24) is 9.88 Å². The van der Waals surface area contributed by atoms with Crippen LogP contribution in [0.5, 0.6) is 5.75 Å². The molecule has 212 valence electrons.